The van der Waals surface area contributed by atoms with Gasteiger partial charge in [-0.1, -0.05) is 53.2 Å². The molecule has 0 unspecified atom stereocenters. The van der Waals surface area contributed by atoms with Gasteiger partial charge in [-0.2, -0.15) is 0 Å². The highest BCUT2D eigenvalue weighted by molar-refractivity contribution is 7.99. The second-order valence-corrected chi connectivity index (χ2v) is 6.80. The average molecular weight is 351 g/mol. The Kier molecular flexibility index (Phi) is 4.71. The van der Waals surface area contributed by atoms with Gasteiger partial charge >= 0.3 is 0 Å². The van der Waals surface area contributed by atoms with Crippen LogP contribution in [-0.4, -0.2) is 10.2 Å². The Balaban J connectivity index is 1.77. The highest BCUT2D eigenvalue weighted by Crippen LogP contribution is 2.37. The lowest BCUT2D eigenvalue weighted by Crippen LogP contribution is -1.89. The molecule has 0 N–H and O–H groups in total. The smallest absolute Gasteiger partial charge is 0.277 e. The molecule has 6 heteroatoms. The van der Waals surface area contributed by atoms with E-state index in [0.29, 0.717) is 16.1 Å². The van der Waals surface area contributed by atoms with Crippen LogP contribution in [0.5, 0.6) is 0 Å². The predicted molar refractivity (Wildman–Crippen MR) is 90.5 cm³/mol. The van der Waals surface area contributed by atoms with E-state index in [1.807, 2.05) is 36.4 Å². The Morgan fingerprint density at radius 3 is 2.45 bits per heavy atom. The molecule has 0 radical (unpaired) electrons. The van der Waals surface area contributed by atoms with Gasteiger partial charge in [0.1, 0.15) is 0 Å². The van der Waals surface area contributed by atoms with Gasteiger partial charge in [0.15, 0.2) is 0 Å². The van der Waals surface area contributed by atoms with Crippen molar-refractivity contribution < 1.29 is 4.42 Å². The molecule has 0 amide bonds. The standard InChI is InChI=1S/C16H12Cl2N2OS/c1-10(13-4-2-3-5-14(13)18)22-16-20-19-15(21-16)11-6-8-12(17)9-7-11/h2-10H,1H3/t10-/m1/s1. The van der Waals surface area contributed by atoms with Crippen LogP contribution in [0.15, 0.2) is 58.2 Å². The molecule has 1 heterocycles. The van der Waals surface area contributed by atoms with E-state index >= 15 is 0 Å². The molecule has 3 nitrogen and oxygen atoms in total. The first-order valence-corrected chi connectivity index (χ1v) is 8.27. The van der Waals surface area contributed by atoms with Crippen molar-refractivity contribution in [3.8, 4) is 11.5 Å². The summed E-state index contributed by atoms with van der Waals surface area (Å²) in [5.41, 5.74) is 1.88. The molecule has 112 valence electrons. The summed E-state index contributed by atoms with van der Waals surface area (Å²) in [7, 11) is 0. The lowest BCUT2D eigenvalue weighted by Gasteiger charge is -2.10. The minimum Gasteiger partial charge on any atom is -0.411 e. The molecule has 3 aromatic rings. The zero-order valence-corrected chi connectivity index (χ0v) is 14.0. The molecular formula is C16H12Cl2N2OS. The van der Waals surface area contributed by atoms with E-state index in [0.717, 1.165) is 16.1 Å². The van der Waals surface area contributed by atoms with Crippen molar-refractivity contribution in [3.63, 3.8) is 0 Å². The van der Waals surface area contributed by atoms with Gasteiger partial charge in [0.25, 0.3) is 5.22 Å². The molecule has 1 aromatic heterocycles. The number of aromatic nitrogens is 2. The Hall–Kier alpha value is -1.49. The maximum Gasteiger partial charge on any atom is 0.277 e. The fourth-order valence-corrected chi connectivity index (χ4v) is 3.33. The van der Waals surface area contributed by atoms with Gasteiger partial charge < -0.3 is 4.42 Å². The highest BCUT2D eigenvalue weighted by atomic mass is 35.5. The molecule has 0 bridgehead atoms. The van der Waals surface area contributed by atoms with E-state index in [-0.39, 0.29) is 5.25 Å². The number of thioether (sulfide) groups is 1. The molecule has 0 fully saturated rings. The number of nitrogens with zero attached hydrogens (tertiary/aromatic N) is 2. The topological polar surface area (TPSA) is 38.9 Å². The third-order valence-electron chi connectivity index (χ3n) is 3.12. The summed E-state index contributed by atoms with van der Waals surface area (Å²) < 4.78 is 5.70. The van der Waals surface area contributed by atoms with E-state index in [9.17, 15) is 0 Å². The van der Waals surface area contributed by atoms with Crippen LogP contribution in [0, 0.1) is 0 Å². The summed E-state index contributed by atoms with van der Waals surface area (Å²) >= 11 is 13.6. The SMILES string of the molecule is C[C@@H](Sc1nnc(-c2ccc(Cl)cc2)o1)c1ccccc1Cl. The van der Waals surface area contributed by atoms with Crippen molar-refractivity contribution in [2.45, 2.75) is 17.4 Å². The van der Waals surface area contributed by atoms with Crippen molar-refractivity contribution in [2.24, 2.45) is 0 Å². The van der Waals surface area contributed by atoms with Gasteiger partial charge in [-0.25, -0.2) is 0 Å². The fraction of sp³-hybridized carbons (Fsp3) is 0.125. The van der Waals surface area contributed by atoms with Crippen molar-refractivity contribution in [3.05, 3.63) is 64.1 Å². The molecular weight excluding hydrogens is 339 g/mol. The van der Waals surface area contributed by atoms with E-state index in [4.69, 9.17) is 27.6 Å². The summed E-state index contributed by atoms with van der Waals surface area (Å²) in [6, 6.07) is 15.0. The van der Waals surface area contributed by atoms with Crippen molar-refractivity contribution in [2.75, 3.05) is 0 Å². The van der Waals surface area contributed by atoms with E-state index in [1.54, 1.807) is 12.1 Å². The lowest BCUT2D eigenvalue weighted by atomic mass is 10.2. The van der Waals surface area contributed by atoms with Crippen LogP contribution in [0.3, 0.4) is 0 Å². The van der Waals surface area contributed by atoms with Gasteiger partial charge in [0.05, 0.1) is 0 Å². The molecule has 0 saturated heterocycles. The van der Waals surface area contributed by atoms with Gasteiger partial charge in [-0.15, -0.1) is 10.2 Å². The second kappa shape index (κ2) is 6.73. The van der Waals surface area contributed by atoms with Crippen LogP contribution in [0.4, 0.5) is 0 Å². The van der Waals surface area contributed by atoms with Crippen molar-refractivity contribution >= 4 is 35.0 Å². The Bertz CT molecular complexity index is 774. The third-order valence-corrected chi connectivity index (χ3v) is 4.69. The minimum atomic E-state index is 0.118. The summed E-state index contributed by atoms with van der Waals surface area (Å²) in [4.78, 5) is 0. The molecule has 3 rings (SSSR count). The third kappa shape index (κ3) is 3.46. The summed E-state index contributed by atoms with van der Waals surface area (Å²) in [5.74, 6) is 0.477. The summed E-state index contributed by atoms with van der Waals surface area (Å²) in [6.45, 7) is 2.05. The molecule has 1 atom stereocenters. The molecule has 0 spiro atoms. The molecule has 22 heavy (non-hydrogen) atoms. The first-order valence-electron chi connectivity index (χ1n) is 6.64. The maximum absolute atomic E-state index is 6.21. The van der Waals surface area contributed by atoms with Gasteiger partial charge in [0.2, 0.25) is 5.89 Å². The number of halogens is 2. The van der Waals surface area contributed by atoms with Gasteiger partial charge in [0, 0.05) is 20.9 Å². The zero-order chi connectivity index (χ0) is 15.5. The van der Waals surface area contributed by atoms with Crippen molar-refractivity contribution in [1.82, 2.24) is 10.2 Å². The van der Waals surface area contributed by atoms with Crippen LogP contribution in [0.25, 0.3) is 11.5 Å². The maximum atomic E-state index is 6.21. The first kappa shape index (κ1) is 15.4. The molecule has 0 aliphatic rings. The summed E-state index contributed by atoms with van der Waals surface area (Å²) in [6.07, 6.45) is 0. The quantitative estimate of drug-likeness (QED) is 0.549. The number of benzene rings is 2. The van der Waals surface area contributed by atoms with Crippen LogP contribution in [0.2, 0.25) is 10.0 Å². The van der Waals surface area contributed by atoms with E-state index in [1.165, 1.54) is 11.8 Å². The number of hydrogen-bond acceptors (Lipinski definition) is 4. The van der Waals surface area contributed by atoms with Crippen molar-refractivity contribution in [1.29, 1.82) is 0 Å². The lowest BCUT2D eigenvalue weighted by molar-refractivity contribution is 0.465. The number of rotatable bonds is 4. The van der Waals surface area contributed by atoms with Crippen LogP contribution < -0.4 is 0 Å². The zero-order valence-electron chi connectivity index (χ0n) is 11.7. The molecule has 0 aliphatic heterocycles. The largest absolute Gasteiger partial charge is 0.411 e. The Morgan fingerprint density at radius 1 is 1.00 bits per heavy atom. The van der Waals surface area contributed by atoms with Crippen LogP contribution >= 0.6 is 35.0 Å². The van der Waals surface area contributed by atoms with Gasteiger partial charge in [-0.3, -0.25) is 0 Å². The molecule has 2 aromatic carbocycles. The van der Waals surface area contributed by atoms with Crippen LogP contribution in [0.1, 0.15) is 17.7 Å². The summed E-state index contributed by atoms with van der Waals surface area (Å²) in [5, 5.41) is 10.2. The van der Waals surface area contributed by atoms with E-state index < -0.39 is 0 Å². The Labute approximate surface area is 142 Å². The molecule has 0 saturated carbocycles. The fourth-order valence-electron chi connectivity index (χ4n) is 1.99. The van der Waals surface area contributed by atoms with E-state index in [2.05, 4.69) is 17.1 Å². The normalized spacial score (nSPS) is 12.3. The first-order chi connectivity index (χ1) is 10.6. The predicted octanol–water partition coefficient (Wildman–Crippen LogP) is 5.90. The van der Waals surface area contributed by atoms with Crippen LogP contribution in [-0.2, 0) is 0 Å². The Morgan fingerprint density at radius 2 is 1.73 bits per heavy atom. The average Bonchev–Trinajstić information content (AvgIpc) is 2.97. The molecule has 0 aliphatic carbocycles. The monoisotopic (exact) mass is 350 g/mol. The number of hydrogen-bond donors (Lipinski definition) is 0. The minimum absolute atomic E-state index is 0.118. The highest BCUT2D eigenvalue weighted by Gasteiger charge is 2.15. The van der Waals surface area contributed by atoms with Gasteiger partial charge in [-0.05, 0) is 42.8 Å². The second-order valence-electron chi connectivity index (χ2n) is 4.66.